The molecule has 0 spiro atoms. The molecule has 21 heavy (non-hydrogen) atoms. The molecule has 4 nitrogen and oxygen atoms in total. The smallest absolute Gasteiger partial charge is 0.223 e. The van der Waals surface area contributed by atoms with Crippen LogP contribution >= 0.6 is 0 Å². The van der Waals surface area contributed by atoms with Crippen molar-refractivity contribution < 1.29 is 5.11 Å². The highest BCUT2D eigenvalue weighted by atomic mass is 16.3. The highest BCUT2D eigenvalue weighted by Gasteiger charge is 2.21. The maximum Gasteiger partial charge on any atom is 0.223 e. The van der Waals surface area contributed by atoms with Crippen molar-refractivity contribution in [1.29, 1.82) is 0 Å². The van der Waals surface area contributed by atoms with Gasteiger partial charge in [0, 0.05) is 24.3 Å². The average molecular weight is 292 g/mol. The number of pyridine rings is 1. The normalized spacial score (nSPS) is 18.9. The largest absolute Gasteiger partial charge is 0.503 e. The molecule has 4 heteroatoms. The highest BCUT2D eigenvalue weighted by molar-refractivity contribution is 5.30. The monoisotopic (exact) mass is 292 g/mol. The maximum atomic E-state index is 11.9. The van der Waals surface area contributed by atoms with Gasteiger partial charge in [-0.2, -0.15) is 0 Å². The zero-order valence-electron chi connectivity index (χ0n) is 13.7. The van der Waals surface area contributed by atoms with E-state index in [1.165, 1.54) is 12.8 Å². The van der Waals surface area contributed by atoms with Crippen molar-refractivity contribution in [2.24, 2.45) is 5.92 Å². The van der Waals surface area contributed by atoms with Crippen LogP contribution in [0.2, 0.25) is 0 Å². The fourth-order valence-electron chi connectivity index (χ4n) is 3.18. The number of piperidine rings is 1. The standard InChI is InChI=1S/C17H28N2O2/c1-5-13(3)19-14(4)10-16(20)17(21)15(19)11-18-8-6-12(2)7-9-18/h10,12-13,21H,5-9,11H2,1-4H3. The molecular weight excluding hydrogens is 264 g/mol. The summed E-state index contributed by atoms with van der Waals surface area (Å²) in [6.07, 6.45) is 3.37. The minimum absolute atomic E-state index is 0.0699. The van der Waals surface area contributed by atoms with E-state index in [-0.39, 0.29) is 17.2 Å². The average Bonchev–Trinajstić information content (AvgIpc) is 2.46. The molecule has 0 saturated carbocycles. The molecule has 0 aromatic carbocycles. The number of aryl methyl sites for hydroxylation is 1. The molecule has 1 aliphatic rings. The second-order valence-electron chi connectivity index (χ2n) is 6.53. The summed E-state index contributed by atoms with van der Waals surface area (Å²) in [4.78, 5) is 14.3. The number of hydrogen-bond donors (Lipinski definition) is 1. The predicted octanol–water partition coefficient (Wildman–Crippen LogP) is 3.07. The zero-order chi connectivity index (χ0) is 15.6. The third-order valence-electron chi connectivity index (χ3n) is 4.80. The van der Waals surface area contributed by atoms with E-state index >= 15 is 0 Å². The van der Waals surface area contributed by atoms with Crippen molar-refractivity contribution in [1.82, 2.24) is 9.47 Å². The van der Waals surface area contributed by atoms with E-state index in [1.807, 2.05) is 6.92 Å². The zero-order valence-corrected chi connectivity index (χ0v) is 13.7. The van der Waals surface area contributed by atoms with Crippen LogP contribution in [0.3, 0.4) is 0 Å². The SMILES string of the molecule is CCC(C)n1c(C)cc(=O)c(O)c1CN1CCC(C)CC1. The molecule has 2 heterocycles. The second kappa shape index (κ2) is 6.65. The summed E-state index contributed by atoms with van der Waals surface area (Å²) in [6, 6.07) is 1.83. The summed E-state index contributed by atoms with van der Waals surface area (Å²) < 4.78 is 2.13. The van der Waals surface area contributed by atoms with Crippen LogP contribution in [0.1, 0.15) is 57.5 Å². The van der Waals surface area contributed by atoms with Gasteiger partial charge in [0.25, 0.3) is 0 Å². The fraction of sp³-hybridized carbons (Fsp3) is 0.706. The quantitative estimate of drug-likeness (QED) is 0.927. The second-order valence-corrected chi connectivity index (χ2v) is 6.53. The predicted molar refractivity (Wildman–Crippen MR) is 85.8 cm³/mol. The first-order chi connectivity index (χ1) is 9.93. The molecule has 1 unspecified atom stereocenters. The van der Waals surface area contributed by atoms with E-state index in [1.54, 1.807) is 6.07 Å². The molecule has 1 aliphatic heterocycles. The molecule has 0 amide bonds. The van der Waals surface area contributed by atoms with Gasteiger partial charge >= 0.3 is 0 Å². The molecule has 1 aromatic rings. The van der Waals surface area contributed by atoms with E-state index < -0.39 is 0 Å². The Bertz CT molecular complexity index is 542. The third-order valence-corrected chi connectivity index (χ3v) is 4.80. The Labute approximate surface area is 127 Å². The fourth-order valence-corrected chi connectivity index (χ4v) is 3.18. The summed E-state index contributed by atoms with van der Waals surface area (Å²) in [5.74, 6) is 0.712. The summed E-state index contributed by atoms with van der Waals surface area (Å²) in [7, 11) is 0. The molecule has 118 valence electrons. The Morgan fingerprint density at radius 3 is 2.57 bits per heavy atom. The van der Waals surface area contributed by atoms with Gasteiger partial charge in [0.15, 0.2) is 5.75 Å². The van der Waals surface area contributed by atoms with Crippen LogP contribution in [-0.4, -0.2) is 27.7 Å². The van der Waals surface area contributed by atoms with Crippen molar-refractivity contribution in [3.63, 3.8) is 0 Å². The maximum absolute atomic E-state index is 11.9. The van der Waals surface area contributed by atoms with Crippen molar-refractivity contribution in [3.05, 3.63) is 27.7 Å². The van der Waals surface area contributed by atoms with Crippen LogP contribution in [0.15, 0.2) is 10.9 Å². The first kappa shape index (κ1) is 16.1. The van der Waals surface area contributed by atoms with Gasteiger partial charge in [-0.15, -0.1) is 0 Å². The first-order valence-corrected chi connectivity index (χ1v) is 8.10. The minimum Gasteiger partial charge on any atom is -0.503 e. The Morgan fingerprint density at radius 2 is 2.00 bits per heavy atom. The summed E-state index contributed by atoms with van der Waals surface area (Å²) in [5, 5.41) is 10.3. The molecule has 1 aromatic heterocycles. The molecule has 0 radical (unpaired) electrons. The summed E-state index contributed by atoms with van der Waals surface area (Å²) in [6.45, 7) is 11.3. The number of nitrogens with zero attached hydrogens (tertiary/aromatic N) is 2. The van der Waals surface area contributed by atoms with Gasteiger partial charge in [0.1, 0.15) is 0 Å². The van der Waals surface area contributed by atoms with Crippen molar-refractivity contribution in [2.45, 2.75) is 59.5 Å². The van der Waals surface area contributed by atoms with Gasteiger partial charge < -0.3 is 9.67 Å². The third kappa shape index (κ3) is 3.49. The Kier molecular flexibility index (Phi) is 5.09. The van der Waals surface area contributed by atoms with Gasteiger partial charge in [0.2, 0.25) is 5.43 Å². The lowest BCUT2D eigenvalue weighted by atomic mass is 9.99. The topological polar surface area (TPSA) is 45.5 Å². The lowest BCUT2D eigenvalue weighted by Gasteiger charge is -2.32. The van der Waals surface area contributed by atoms with Crippen LogP contribution in [0.4, 0.5) is 0 Å². The van der Waals surface area contributed by atoms with Crippen LogP contribution < -0.4 is 5.43 Å². The van der Waals surface area contributed by atoms with E-state index in [0.29, 0.717) is 6.54 Å². The lowest BCUT2D eigenvalue weighted by Crippen LogP contribution is -2.34. The summed E-state index contributed by atoms with van der Waals surface area (Å²) >= 11 is 0. The Morgan fingerprint density at radius 1 is 1.38 bits per heavy atom. The number of likely N-dealkylation sites (tertiary alicyclic amines) is 1. The lowest BCUT2D eigenvalue weighted by molar-refractivity contribution is 0.177. The molecule has 2 rings (SSSR count). The van der Waals surface area contributed by atoms with Gasteiger partial charge in [-0.1, -0.05) is 13.8 Å². The first-order valence-electron chi connectivity index (χ1n) is 8.10. The molecule has 1 fully saturated rings. The van der Waals surface area contributed by atoms with Crippen molar-refractivity contribution in [2.75, 3.05) is 13.1 Å². The minimum atomic E-state index is -0.257. The van der Waals surface area contributed by atoms with Gasteiger partial charge in [0.05, 0.1) is 5.69 Å². The van der Waals surface area contributed by atoms with Crippen LogP contribution in [0, 0.1) is 12.8 Å². The van der Waals surface area contributed by atoms with E-state index in [9.17, 15) is 9.90 Å². The Hall–Kier alpha value is -1.29. The number of hydrogen-bond acceptors (Lipinski definition) is 3. The van der Waals surface area contributed by atoms with E-state index in [2.05, 4.69) is 30.2 Å². The van der Waals surface area contributed by atoms with Crippen LogP contribution in [-0.2, 0) is 6.54 Å². The van der Waals surface area contributed by atoms with Gasteiger partial charge in [-0.3, -0.25) is 9.69 Å². The van der Waals surface area contributed by atoms with Crippen molar-refractivity contribution in [3.8, 4) is 5.75 Å². The van der Waals surface area contributed by atoms with Crippen LogP contribution in [0.5, 0.6) is 5.75 Å². The Balaban J connectivity index is 2.34. The molecular formula is C17H28N2O2. The van der Waals surface area contributed by atoms with E-state index in [0.717, 1.165) is 36.8 Å². The van der Waals surface area contributed by atoms with Gasteiger partial charge in [-0.25, -0.2) is 0 Å². The number of rotatable bonds is 4. The number of aromatic hydroxyl groups is 1. The van der Waals surface area contributed by atoms with E-state index in [4.69, 9.17) is 0 Å². The van der Waals surface area contributed by atoms with Crippen LogP contribution in [0.25, 0.3) is 0 Å². The highest BCUT2D eigenvalue weighted by Crippen LogP contribution is 2.25. The summed E-state index contributed by atoms with van der Waals surface area (Å²) in [5.41, 5.74) is 1.46. The van der Waals surface area contributed by atoms with Gasteiger partial charge in [-0.05, 0) is 52.1 Å². The molecule has 1 saturated heterocycles. The molecule has 1 atom stereocenters. The molecule has 1 N–H and O–H groups in total. The molecule has 0 aliphatic carbocycles. The number of aromatic nitrogens is 1. The molecule has 0 bridgehead atoms. The van der Waals surface area contributed by atoms with Crippen molar-refractivity contribution >= 4 is 0 Å².